The molecule has 0 aliphatic heterocycles. The van der Waals surface area contributed by atoms with Gasteiger partial charge in [0.15, 0.2) is 0 Å². The fourth-order valence-electron chi connectivity index (χ4n) is 0.898. The second kappa shape index (κ2) is 7.91. The average Bonchev–Trinajstić information content (AvgIpc) is 1.72. The Kier molecular flexibility index (Phi) is 11.6. The first-order chi connectivity index (χ1) is 3.00. The quantitative estimate of drug-likeness (QED) is 0.340. The number of hydrogen-bond acceptors (Lipinski definition) is 0. The van der Waals surface area contributed by atoms with Crippen LogP contribution in [0.25, 0.3) is 0 Å². The minimum absolute atomic E-state index is 0. The molecule has 0 aromatic rings. The van der Waals surface area contributed by atoms with Crippen LogP contribution in [0.2, 0.25) is 0 Å². The topological polar surface area (TPSA) is 0 Å². The minimum Gasteiger partial charge on any atom is -1.00 e. The van der Waals surface area contributed by atoms with Crippen molar-refractivity contribution in [3.63, 3.8) is 0 Å². The average molecular weight is 184 g/mol. The van der Waals surface area contributed by atoms with E-state index in [9.17, 15) is 0 Å². The maximum Gasteiger partial charge on any atom is 2.00 e. The fraction of sp³-hybridized carbons (Fsp3) is 0.833. The molecule has 1 aliphatic carbocycles. The van der Waals surface area contributed by atoms with Gasteiger partial charge in [-0.3, -0.25) is 0 Å². The minimum atomic E-state index is 0. The molecule has 2 heteroatoms. The van der Waals surface area contributed by atoms with Crippen molar-refractivity contribution in [2.75, 3.05) is 0 Å². The molecule has 0 aromatic carbocycles. The van der Waals surface area contributed by atoms with Crippen molar-refractivity contribution in [3.8, 4) is 0 Å². The molecule has 1 fully saturated rings. The normalized spacial score (nSPS) is 18.0. The zero-order chi connectivity index (χ0) is 4.24. The van der Waals surface area contributed by atoms with Gasteiger partial charge < -0.3 is 18.8 Å². The smallest absolute Gasteiger partial charge is 1.00 e. The van der Waals surface area contributed by atoms with E-state index in [1.54, 1.807) is 0 Å². The number of halogens is 1. The van der Waals surface area contributed by atoms with Crippen molar-refractivity contribution >= 4 is 0 Å². The summed E-state index contributed by atoms with van der Waals surface area (Å²) in [5, 5.41) is 0. The van der Waals surface area contributed by atoms with E-state index in [1.807, 2.05) is 0 Å². The van der Waals surface area contributed by atoms with Crippen LogP contribution in [0.4, 0.5) is 0 Å². The second-order valence-electron chi connectivity index (χ2n) is 1.93. The molecule has 0 atom stereocenters. The first-order valence-electron chi connectivity index (χ1n) is 2.82. The molecule has 0 heterocycles. The summed E-state index contributed by atoms with van der Waals surface area (Å²) in [5.41, 5.74) is 0. The molecule has 0 nitrogen and oxygen atoms in total. The van der Waals surface area contributed by atoms with Crippen LogP contribution in [-0.4, -0.2) is 0 Å². The third kappa shape index (κ3) is 5.06. The molecule has 0 N–H and O–H groups in total. The van der Waals surface area contributed by atoms with E-state index in [0.717, 1.165) is 0 Å². The number of hydrogen-bond donors (Lipinski definition) is 0. The van der Waals surface area contributed by atoms with Gasteiger partial charge in [-0.25, -0.2) is 0 Å². The van der Waals surface area contributed by atoms with E-state index in [2.05, 4.69) is 6.42 Å². The van der Waals surface area contributed by atoms with Gasteiger partial charge in [0.25, 0.3) is 0 Å². The van der Waals surface area contributed by atoms with Crippen LogP contribution in [0.5, 0.6) is 0 Å². The monoisotopic (exact) mass is 182 g/mol. The van der Waals surface area contributed by atoms with Crippen molar-refractivity contribution in [1.82, 2.24) is 0 Å². The summed E-state index contributed by atoms with van der Waals surface area (Å²) in [6, 6.07) is 0. The first-order valence-corrected chi connectivity index (χ1v) is 2.82. The zero-order valence-corrected chi connectivity index (χ0v) is 8.92. The van der Waals surface area contributed by atoms with Gasteiger partial charge in [-0.05, 0) is 0 Å². The van der Waals surface area contributed by atoms with E-state index in [4.69, 9.17) is 0 Å². The molecule has 1 saturated carbocycles. The summed E-state index contributed by atoms with van der Waals surface area (Å²) < 4.78 is 0. The summed E-state index contributed by atoms with van der Waals surface area (Å²) in [6.07, 6.45) is 9.50. The Hall–Kier alpha value is 0.913. The van der Waals surface area contributed by atoms with Crippen molar-refractivity contribution in [2.24, 2.45) is 0 Å². The zero-order valence-electron chi connectivity index (χ0n) is 5.20. The Morgan fingerprint density at radius 1 is 0.875 bits per heavy atom. The number of rotatable bonds is 0. The third-order valence-electron chi connectivity index (χ3n) is 1.32. The maximum absolute atomic E-state index is 2.39. The molecule has 1 aliphatic rings. The van der Waals surface area contributed by atoms with Gasteiger partial charge in [0.2, 0.25) is 0 Å². The Balaban J connectivity index is 0. The Morgan fingerprint density at radius 3 is 1.50 bits per heavy atom. The van der Waals surface area contributed by atoms with Crippen LogP contribution in [0.15, 0.2) is 0 Å². The van der Waals surface area contributed by atoms with Gasteiger partial charge in [0.1, 0.15) is 0 Å². The van der Waals surface area contributed by atoms with E-state index < -0.39 is 0 Å². The van der Waals surface area contributed by atoms with Gasteiger partial charge in [-0.1, -0.05) is 19.3 Å². The maximum atomic E-state index is 2.39. The second-order valence-corrected chi connectivity index (χ2v) is 1.93. The van der Waals surface area contributed by atoms with E-state index in [1.165, 1.54) is 32.1 Å². The van der Waals surface area contributed by atoms with Gasteiger partial charge in [0, 0.05) is 0 Å². The van der Waals surface area contributed by atoms with E-state index in [0.29, 0.717) is 0 Å². The molecule has 0 aromatic heterocycles. The molecule has 0 unspecified atom stereocenters. The first kappa shape index (κ1) is 11.7. The van der Waals surface area contributed by atoms with Crippen molar-refractivity contribution in [3.05, 3.63) is 6.42 Å². The van der Waals surface area contributed by atoms with E-state index in [-0.39, 0.29) is 31.9 Å². The molecule has 0 spiro atoms. The fourth-order valence-corrected chi connectivity index (χ4v) is 0.898. The summed E-state index contributed by atoms with van der Waals surface area (Å²) in [4.78, 5) is 0. The molecule has 1 rings (SSSR count). The molecule has 0 amide bonds. The Morgan fingerprint density at radius 2 is 1.38 bits per heavy atom. The van der Waals surface area contributed by atoms with Crippen LogP contribution in [0.3, 0.4) is 0 Å². The molecule has 0 bridgehead atoms. The van der Waals surface area contributed by atoms with Crippen LogP contribution >= 0.6 is 0 Å². The molecule has 44 valence electrons. The van der Waals surface area contributed by atoms with Crippen LogP contribution in [-0.2, 0) is 19.5 Å². The summed E-state index contributed by atoms with van der Waals surface area (Å²) >= 11 is 0. The summed E-state index contributed by atoms with van der Waals surface area (Å²) in [5.74, 6) is 0. The van der Waals surface area contributed by atoms with Gasteiger partial charge in [-0.2, -0.15) is 12.8 Å². The summed E-state index contributed by atoms with van der Waals surface area (Å²) in [7, 11) is 0. The summed E-state index contributed by atoms with van der Waals surface area (Å²) in [6.45, 7) is 0. The molecular weight excluding hydrogens is 173 g/mol. The predicted molar refractivity (Wildman–Crippen MR) is 27.4 cm³/mol. The van der Waals surface area contributed by atoms with Gasteiger partial charge in [0.05, 0.1) is 0 Å². The van der Waals surface area contributed by atoms with Crippen molar-refractivity contribution in [2.45, 2.75) is 32.1 Å². The van der Waals surface area contributed by atoms with Crippen LogP contribution < -0.4 is 12.4 Å². The largest absolute Gasteiger partial charge is 2.00 e. The van der Waals surface area contributed by atoms with Gasteiger partial charge >= 0.3 is 19.5 Å². The third-order valence-corrected chi connectivity index (χ3v) is 1.32. The van der Waals surface area contributed by atoms with Crippen molar-refractivity contribution in [1.29, 1.82) is 0 Å². The Bertz CT molecular complexity index is 24.0. The van der Waals surface area contributed by atoms with Gasteiger partial charge in [-0.15, -0.1) is 0 Å². The molecule has 0 saturated heterocycles. The molecule has 0 radical (unpaired) electrons. The molecule has 8 heavy (non-hydrogen) atoms. The van der Waals surface area contributed by atoms with Crippen LogP contribution in [0.1, 0.15) is 32.1 Å². The molecular formula is C6H11ClZn. The SMILES string of the molecule is [CH-]1CCCCC1.[Cl-].[Zn+2]. The Labute approximate surface area is 70.6 Å². The van der Waals surface area contributed by atoms with Crippen LogP contribution in [0, 0.1) is 6.42 Å². The van der Waals surface area contributed by atoms with Crippen molar-refractivity contribution < 1.29 is 31.9 Å². The predicted octanol–water partition coefficient (Wildman–Crippen LogP) is -0.844. The van der Waals surface area contributed by atoms with E-state index >= 15 is 0 Å². The standard InChI is InChI=1S/C6H11.ClH.Zn/c1-2-4-6-5-3-1;;/h1H,2-6H2;1H;/q-1;;+2/p-1.